The molecule has 2 aromatic carbocycles. The number of Topliss-reactive ketones (excluding diaryl/α,β-unsaturated/α-hetero) is 1. The fourth-order valence-corrected chi connectivity index (χ4v) is 4.05. The van der Waals surface area contributed by atoms with Crippen LogP contribution in [-0.2, 0) is 14.3 Å². The van der Waals surface area contributed by atoms with Gasteiger partial charge in [-0.2, -0.15) is 0 Å². The molecule has 0 saturated carbocycles. The first-order valence-electron chi connectivity index (χ1n) is 9.55. The second-order valence-corrected chi connectivity index (χ2v) is 7.60. The molecule has 0 bridgehead atoms. The van der Waals surface area contributed by atoms with Gasteiger partial charge in [-0.1, -0.05) is 42.0 Å². The zero-order valence-corrected chi connectivity index (χ0v) is 16.7. The zero-order valence-electron chi connectivity index (χ0n) is 15.9. The first kappa shape index (κ1) is 20.0. The summed E-state index contributed by atoms with van der Waals surface area (Å²) in [6.07, 6.45) is 4.91. The SMILES string of the molecule is O=C(OCC(=O)c1ccccc1Cl)c1cccc(N2C(=O)[C@@H]3CC=CC[C@H]3C2=O)c1. The highest BCUT2D eigenvalue weighted by atomic mass is 35.5. The van der Waals surface area contributed by atoms with E-state index in [-0.39, 0.29) is 39.8 Å². The number of ether oxygens (including phenoxy) is 1. The van der Waals surface area contributed by atoms with Gasteiger partial charge in [0, 0.05) is 5.56 Å². The molecule has 6 nitrogen and oxygen atoms in total. The van der Waals surface area contributed by atoms with Gasteiger partial charge in [-0.3, -0.25) is 19.3 Å². The fourth-order valence-electron chi connectivity index (χ4n) is 3.81. The molecule has 2 atom stereocenters. The number of anilines is 1. The first-order chi connectivity index (χ1) is 14.5. The Morgan fingerprint density at radius 1 is 0.967 bits per heavy atom. The van der Waals surface area contributed by atoms with E-state index in [1.54, 1.807) is 36.4 Å². The third-order valence-corrected chi connectivity index (χ3v) is 5.69. The standard InChI is InChI=1S/C23H18ClNO5/c24-19-11-4-3-10-18(19)20(26)13-30-23(29)14-6-5-7-15(12-14)25-21(27)16-8-1-2-9-17(16)22(25)28/h1-7,10-12,16-17H,8-9,13H2/t16-,17-/m1/s1. The summed E-state index contributed by atoms with van der Waals surface area (Å²) in [4.78, 5) is 51.3. The van der Waals surface area contributed by atoms with Crippen LogP contribution >= 0.6 is 11.6 Å². The molecule has 2 aromatic rings. The molecule has 30 heavy (non-hydrogen) atoms. The van der Waals surface area contributed by atoms with Crippen molar-refractivity contribution in [3.63, 3.8) is 0 Å². The molecule has 0 unspecified atom stereocenters. The topological polar surface area (TPSA) is 80.8 Å². The van der Waals surface area contributed by atoms with Gasteiger partial charge in [-0.15, -0.1) is 0 Å². The Hall–Kier alpha value is -3.25. The number of carbonyl (C=O) groups is 4. The van der Waals surface area contributed by atoms with Crippen molar-refractivity contribution < 1.29 is 23.9 Å². The number of allylic oxidation sites excluding steroid dienone is 2. The molecule has 0 aromatic heterocycles. The second-order valence-electron chi connectivity index (χ2n) is 7.20. The molecular formula is C23H18ClNO5. The van der Waals surface area contributed by atoms with Gasteiger partial charge < -0.3 is 4.74 Å². The van der Waals surface area contributed by atoms with E-state index in [1.807, 2.05) is 12.2 Å². The minimum atomic E-state index is -0.726. The first-order valence-corrected chi connectivity index (χ1v) is 9.93. The number of rotatable bonds is 5. The zero-order chi connectivity index (χ0) is 21.3. The minimum Gasteiger partial charge on any atom is -0.454 e. The number of amides is 2. The quantitative estimate of drug-likeness (QED) is 0.316. The highest BCUT2D eigenvalue weighted by Gasteiger charge is 2.47. The number of ketones is 1. The van der Waals surface area contributed by atoms with Crippen LogP contribution in [0.25, 0.3) is 0 Å². The van der Waals surface area contributed by atoms with Crippen molar-refractivity contribution in [2.45, 2.75) is 12.8 Å². The highest BCUT2D eigenvalue weighted by molar-refractivity contribution is 6.34. The maximum absolute atomic E-state index is 12.7. The fraction of sp³-hybridized carbons (Fsp3) is 0.217. The molecule has 2 aliphatic rings. The predicted octanol–water partition coefficient (Wildman–Crippen LogP) is 3.84. The van der Waals surface area contributed by atoms with Crippen LogP contribution in [0.4, 0.5) is 5.69 Å². The van der Waals surface area contributed by atoms with Gasteiger partial charge in [0.1, 0.15) is 0 Å². The predicted molar refractivity (Wildman–Crippen MR) is 110 cm³/mol. The van der Waals surface area contributed by atoms with E-state index in [0.717, 1.165) is 4.90 Å². The summed E-state index contributed by atoms with van der Waals surface area (Å²) in [7, 11) is 0. The summed E-state index contributed by atoms with van der Waals surface area (Å²) in [6, 6.07) is 12.6. The Labute approximate surface area is 178 Å². The van der Waals surface area contributed by atoms with Crippen LogP contribution in [0.5, 0.6) is 0 Å². The van der Waals surface area contributed by atoms with Crippen LogP contribution in [0.15, 0.2) is 60.7 Å². The molecular weight excluding hydrogens is 406 g/mol. The van der Waals surface area contributed by atoms with Crippen LogP contribution < -0.4 is 4.90 Å². The van der Waals surface area contributed by atoms with E-state index in [0.29, 0.717) is 18.5 Å². The lowest BCUT2D eigenvalue weighted by Gasteiger charge is -2.15. The van der Waals surface area contributed by atoms with Gasteiger partial charge in [0.2, 0.25) is 17.6 Å². The van der Waals surface area contributed by atoms with E-state index >= 15 is 0 Å². The number of esters is 1. The summed E-state index contributed by atoms with van der Waals surface area (Å²) in [5.41, 5.74) is 0.740. The lowest BCUT2D eigenvalue weighted by Crippen LogP contribution is -2.31. The van der Waals surface area contributed by atoms with Crippen LogP contribution in [0.3, 0.4) is 0 Å². The largest absolute Gasteiger partial charge is 0.454 e. The number of nitrogens with zero attached hydrogens (tertiary/aromatic N) is 1. The van der Waals surface area contributed by atoms with Gasteiger partial charge in [0.15, 0.2) is 6.61 Å². The van der Waals surface area contributed by atoms with Gasteiger partial charge in [0.05, 0.1) is 28.1 Å². The smallest absolute Gasteiger partial charge is 0.338 e. The van der Waals surface area contributed by atoms with Crippen molar-refractivity contribution in [3.8, 4) is 0 Å². The van der Waals surface area contributed by atoms with Gasteiger partial charge in [-0.05, 0) is 43.2 Å². The van der Waals surface area contributed by atoms with Crippen molar-refractivity contribution in [3.05, 3.63) is 76.8 Å². The molecule has 1 aliphatic carbocycles. The summed E-state index contributed by atoms with van der Waals surface area (Å²) < 4.78 is 5.12. The Balaban J connectivity index is 1.48. The molecule has 7 heteroatoms. The molecule has 4 rings (SSSR count). The average molecular weight is 424 g/mol. The van der Waals surface area contributed by atoms with Crippen molar-refractivity contribution in [2.24, 2.45) is 11.8 Å². The number of imide groups is 1. The molecule has 1 heterocycles. The summed E-state index contributed by atoms with van der Waals surface area (Å²) in [6.45, 7) is -0.468. The third kappa shape index (κ3) is 3.66. The Bertz CT molecular complexity index is 1050. The lowest BCUT2D eigenvalue weighted by molar-refractivity contribution is -0.122. The van der Waals surface area contributed by atoms with Crippen LogP contribution in [0.1, 0.15) is 33.6 Å². The van der Waals surface area contributed by atoms with Crippen LogP contribution in [0.2, 0.25) is 5.02 Å². The van der Waals surface area contributed by atoms with E-state index in [1.165, 1.54) is 12.1 Å². The van der Waals surface area contributed by atoms with Crippen molar-refractivity contribution >= 4 is 40.9 Å². The lowest BCUT2D eigenvalue weighted by atomic mass is 9.85. The third-order valence-electron chi connectivity index (χ3n) is 5.36. The number of hydrogen-bond acceptors (Lipinski definition) is 5. The van der Waals surface area contributed by atoms with E-state index in [4.69, 9.17) is 16.3 Å². The summed E-state index contributed by atoms with van der Waals surface area (Å²) in [5.74, 6) is -2.37. The highest BCUT2D eigenvalue weighted by Crippen LogP contribution is 2.37. The number of fused-ring (bicyclic) bond motifs is 1. The van der Waals surface area contributed by atoms with E-state index in [2.05, 4.69) is 0 Å². The Morgan fingerprint density at radius 2 is 1.63 bits per heavy atom. The van der Waals surface area contributed by atoms with Crippen molar-refractivity contribution in [2.75, 3.05) is 11.5 Å². The number of benzene rings is 2. The molecule has 1 aliphatic heterocycles. The van der Waals surface area contributed by atoms with Crippen LogP contribution in [0, 0.1) is 11.8 Å². The van der Waals surface area contributed by atoms with Crippen molar-refractivity contribution in [1.82, 2.24) is 0 Å². The normalized spacial score (nSPS) is 20.2. The van der Waals surface area contributed by atoms with E-state index < -0.39 is 18.4 Å². The number of hydrogen-bond donors (Lipinski definition) is 0. The Kier molecular flexibility index (Phi) is 5.50. The summed E-state index contributed by atoms with van der Waals surface area (Å²) >= 11 is 5.99. The van der Waals surface area contributed by atoms with E-state index in [9.17, 15) is 19.2 Å². The number of carbonyl (C=O) groups excluding carboxylic acids is 4. The molecule has 0 radical (unpaired) electrons. The average Bonchev–Trinajstić information content (AvgIpc) is 3.02. The Morgan fingerprint density at radius 3 is 2.30 bits per heavy atom. The molecule has 0 N–H and O–H groups in total. The van der Waals surface area contributed by atoms with Crippen LogP contribution in [-0.4, -0.2) is 30.2 Å². The maximum Gasteiger partial charge on any atom is 0.338 e. The summed E-state index contributed by atoms with van der Waals surface area (Å²) in [5, 5.41) is 0.280. The molecule has 2 amide bonds. The molecule has 152 valence electrons. The molecule has 0 spiro atoms. The maximum atomic E-state index is 12.7. The minimum absolute atomic E-state index is 0.146. The second kappa shape index (κ2) is 8.24. The van der Waals surface area contributed by atoms with Gasteiger partial charge in [0.25, 0.3) is 0 Å². The molecule has 1 fully saturated rings. The molecule has 1 saturated heterocycles. The number of halogens is 1. The van der Waals surface area contributed by atoms with Crippen molar-refractivity contribution in [1.29, 1.82) is 0 Å². The monoisotopic (exact) mass is 423 g/mol. The van der Waals surface area contributed by atoms with Gasteiger partial charge >= 0.3 is 5.97 Å². The van der Waals surface area contributed by atoms with Gasteiger partial charge in [-0.25, -0.2) is 4.79 Å².